The number of carbonyl (C=O) groups is 2. The van der Waals surface area contributed by atoms with E-state index < -0.39 is 11.9 Å². The highest BCUT2D eigenvalue weighted by molar-refractivity contribution is 6.33. The molecule has 2 rings (SSSR count). The maximum atomic E-state index is 11.6. The summed E-state index contributed by atoms with van der Waals surface area (Å²) in [5, 5.41) is 9.07. The molecule has 0 radical (unpaired) electrons. The van der Waals surface area contributed by atoms with E-state index in [-0.39, 0.29) is 21.9 Å². The van der Waals surface area contributed by atoms with Gasteiger partial charge < -0.3 is 14.9 Å². The first-order valence-electron chi connectivity index (χ1n) is 6.36. The van der Waals surface area contributed by atoms with Crippen molar-refractivity contribution < 1.29 is 18.7 Å². The molecular weight excluding hydrogens is 320 g/mol. The molecule has 0 bridgehead atoms. The smallest absolute Gasteiger partial charge is 0.339 e. The predicted octanol–water partition coefficient (Wildman–Crippen LogP) is 2.78. The maximum absolute atomic E-state index is 11.6. The van der Waals surface area contributed by atoms with Crippen LogP contribution in [0.5, 0.6) is 0 Å². The zero-order valence-electron chi connectivity index (χ0n) is 12.0. The van der Waals surface area contributed by atoms with Gasteiger partial charge in [-0.2, -0.15) is 5.26 Å². The summed E-state index contributed by atoms with van der Waals surface area (Å²) in [6, 6.07) is 9.63. The molecule has 0 atom stereocenters. The van der Waals surface area contributed by atoms with Gasteiger partial charge >= 0.3 is 5.97 Å². The van der Waals surface area contributed by atoms with Crippen molar-refractivity contribution in [1.82, 2.24) is 0 Å². The molecular formula is C16H11ClN2O4. The molecule has 0 saturated carbocycles. The molecule has 1 heterocycles. The largest absolute Gasteiger partial charge is 0.465 e. The summed E-state index contributed by atoms with van der Waals surface area (Å²) in [6.07, 6.45) is 1.24. The number of hydrogen-bond donors (Lipinski definition) is 1. The van der Waals surface area contributed by atoms with Crippen LogP contribution >= 0.6 is 11.6 Å². The lowest BCUT2D eigenvalue weighted by Gasteiger charge is -2.04. The van der Waals surface area contributed by atoms with Gasteiger partial charge in [0.05, 0.1) is 17.7 Å². The van der Waals surface area contributed by atoms with Crippen molar-refractivity contribution in [3.8, 4) is 17.4 Å². The third-order valence-corrected chi connectivity index (χ3v) is 3.29. The first-order chi connectivity index (χ1) is 11.0. The van der Waals surface area contributed by atoms with Gasteiger partial charge in [0.1, 0.15) is 23.2 Å². The first-order valence-corrected chi connectivity index (χ1v) is 6.73. The summed E-state index contributed by atoms with van der Waals surface area (Å²) < 4.78 is 10.2. The number of amides is 1. The normalized spacial score (nSPS) is 10.9. The highest BCUT2D eigenvalue weighted by atomic mass is 35.5. The molecule has 0 spiro atoms. The van der Waals surface area contributed by atoms with Crippen LogP contribution in [-0.4, -0.2) is 19.0 Å². The van der Waals surface area contributed by atoms with Crippen LogP contribution in [0.2, 0.25) is 5.02 Å². The first kappa shape index (κ1) is 16.3. The van der Waals surface area contributed by atoms with Crippen LogP contribution in [0.1, 0.15) is 16.1 Å². The van der Waals surface area contributed by atoms with Crippen LogP contribution in [0, 0.1) is 11.3 Å². The van der Waals surface area contributed by atoms with Crippen LogP contribution in [0.15, 0.2) is 40.3 Å². The number of primary amides is 1. The van der Waals surface area contributed by atoms with Crippen LogP contribution in [0.25, 0.3) is 17.4 Å². The topological polar surface area (TPSA) is 106 Å². The average Bonchev–Trinajstić information content (AvgIpc) is 3.00. The molecule has 6 nitrogen and oxygen atoms in total. The molecule has 1 aromatic carbocycles. The number of esters is 1. The summed E-state index contributed by atoms with van der Waals surface area (Å²) in [5.74, 6) is -0.696. The third-order valence-electron chi connectivity index (χ3n) is 2.96. The number of nitriles is 1. The molecule has 0 aliphatic carbocycles. The fourth-order valence-electron chi connectivity index (χ4n) is 1.83. The van der Waals surface area contributed by atoms with Crippen molar-refractivity contribution in [2.24, 2.45) is 5.73 Å². The van der Waals surface area contributed by atoms with E-state index >= 15 is 0 Å². The zero-order chi connectivity index (χ0) is 17.0. The quantitative estimate of drug-likeness (QED) is 0.527. The number of methoxy groups -OCH3 is 1. The summed E-state index contributed by atoms with van der Waals surface area (Å²) >= 11 is 5.96. The minimum Gasteiger partial charge on any atom is -0.465 e. The van der Waals surface area contributed by atoms with Gasteiger partial charge in [0.25, 0.3) is 5.91 Å². The van der Waals surface area contributed by atoms with E-state index in [1.807, 2.05) is 0 Å². The van der Waals surface area contributed by atoms with Gasteiger partial charge in [0, 0.05) is 11.6 Å². The van der Waals surface area contributed by atoms with E-state index in [9.17, 15) is 9.59 Å². The van der Waals surface area contributed by atoms with E-state index in [4.69, 9.17) is 27.0 Å². The highest BCUT2D eigenvalue weighted by Gasteiger charge is 2.14. The molecule has 1 aromatic heterocycles. The Hall–Kier alpha value is -3.04. The number of furan rings is 1. The molecule has 0 unspecified atom stereocenters. The van der Waals surface area contributed by atoms with Crippen molar-refractivity contribution in [1.29, 1.82) is 5.26 Å². The van der Waals surface area contributed by atoms with Crippen LogP contribution < -0.4 is 5.73 Å². The van der Waals surface area contributed by atoms with Gasteiger partial charge in [0.15, 0.2) is 0 Å². The monoisotopic (exact) mass is 330 g/mol. The molecule has 0 aliphatic rings. The van der Waals surface area contributed by atoms with E-state index in [0.29, 0.717) is 11.3 Å². The number of halogens is 1. The Labute approximate surface area is 136 Å². The Bertz CT molecular complexity index is 846. The minimum absolute atomic E-state index is 0.204. The van der Waals surface area contributed by atoms with Crippen LogP contribution in [0.4, 0.5) is 0 Å². The van der Waals surface area contributed by atoms with Crippen LogP contribution in [-0.2, 0) is 9.53 Å². The summed E-state index contributed by atoms with van der Waals surface area (Å²) in [4.78, 5) is 22.7. The number of carbonyl (C=O) groups excluding carboxylic acids is 2. The summed E-state index contributed by atoms with van der Waals surface area (Å²) in [6.45, 7) is 0. The molecule has 0 aliphatic heterocycles. The Morgan fingerprint density at radius 2 is 2.09 bits per heavy atom. The molecule has 7 heteroatoms. The van der Waals surface area contributed by atoms with Gasteiger partial charge in [-0.3, -0.25) is 4.79 Å². The van der Waals surface area contributed by atoms with Crippen molar-refractivity contribution >= 4 is 29.6 Å². The fourth-order valence-corrected chi connectivity index (χ4v) is 2.03. The number of hydrogen-bond acceptors (Lipinski definition) is 5. The molecule has 2 N–H and O–H groups in total. The highest BCUT2D eigenvalue weighted by Crippen LogP contribution is 2.28. The van der Waals surface area contributed by atoms with Crippen molar-refractivity contribution in [3.63, 3.8) is 0 Å². The SMILES string of the molecule is COC(=O)c1cc(-c2ccc(C=C(C#N)C(N)=O)o2)ccc1Cl. The minimum atomic E-state index is -0.843. The van der Waals surface area contributed by atoms with E-state index in [0.717, 1.165) is 0 Å². The second-order valence-corrected chi connectivity index (χ2v) is 4.83. The predicted molar refractivity (Wildman–Crippen MR) is 83.3 cm³/mol. The third kappa shape index (κ3) is 3.59. The Morgan fingerprint density at radius 3 is 2.70 bits per heavy atom. The lowest BCUT2D eigenvalue weighted by Crippen LogP contribution is -2.12. The van der Waals surface area contributed by atoms with Gasteiger partial charge in [-0.1, -0.05) is 11.6 Å². The number of rotatable bonds is 4. The Morgan fingerprint density at radius 1 is 1.35 bits per heavy atom. The second-order valence-electron chi connectivity index (χ2n) is 4.42. The van der Waals surface area contributed by atoms with E-state index in [1.54, 1.807) is 30.3 Å². The molecule has 116 valence electrons. The zero-order valence-corrected chi connectivity index (χ0v) is 12.8. The molecule has 0 saturated heterocycles. The van der Waals surface area contributed by atoms with Gasteiger partial charge in [0.2, 0.25) is 0 Å². The molecule has 1 amide bonds. The van der Waals surface area contributed by atoms with Gasteiger partial charge in [-0.05, 0) is 30.3 Å². The Kier molecular flexibility index (Phi) is 4.84. The lowest BCUT2D eigenvalue weighted by atomic mass is 10.1. The number of ether oxygens (including phenoxy) is 1. The molecule has 2 aromatic rings. The lowest BCUT2D eigenvalue weighted by molar-refractivity contribution is -0.114. The summed E-state index contributed by atoms with van der Waals surface area (Å²) in [5.41, 5.74) is 5.63. The number of nitrogens with two attached hydrogens (primary N) is 1. The number of nitrogens with zero attached hydrogens (tertiary/aromatic N) is 1. The van der Waals surface area contributed by atoms with E-state index in [2.05, 4.69) is 4.74 Å². The van der Waals surface area contributed by atoms with Crippen molar-refractivity contribution in [3.05, 3.63) is 52.3 Å². The van der Waals surface area contributed by atoms with Gasteiger partial charge in [-0.15, -0.1) is 0 Å². The van der Waals surface area contributed by atoms with Gasteiger partial charge in [-0.25, -0.2) is 4.79 Å². The average molecular weight is 331 g/mol. The second kappa shape index (κ2) is 6.81. The van der Waals surface area contributed by atoms with Crippen molar-refractivity contribution in [2.45, 2.75) is 0 Å². The van der Waals surface area contributed by atoms with Crippen molar-refractivity contribution in [2.75, 3.05) is 7.11 Å². The summed E-state index contributed by atoms with van der Waals surface area (Å²) in [7, 11) is 1.26. The standard InChI is InChI=1S/C16H11ClN2O4/c1-22-16(21)12-7-9(2-4-13(12)17)14-5-3-11(23-14)6-10(8-18)15(19)20/h2-7H,1H3,(H2,19,20). The van der Waals surface area contributed by atoms with E-state index in [1.165, 1.54) is 19.3 Å². The Balaban J connectivity index is 2.40. The number of benzene rings is 1. The maximum Gasteiger partial charge on any atom is 0.339 e. The molecule has 0 fully saturated rings. The van der Waals surface area contributed by atoms with Crippen LogP contribution in [0.3, 0.4) is 0 Å². The fraction of sp³-hybridized carbons (Fsp3) is 0.0625. The molecule has 23 heavy (non-hydrogen) atoms.